The fraction of sp³-hybridized carbons (Fsp3) is 0.650. The van der Waals surface area contributed by atoms with Gasteiger partial charge in [-0.25, -0.2) is 8.42 Å². The van der Waals surface area contributed by atoms with Crippen LogP contribution in [0.1, 0.15) is 42.5 Å². The first kappa shape index (κ1) is 20.3. The average molecular weight is 395 g/mol. The van der Waals surface area contributed by atoms with Crippen molar-refractivity contribution in [3.8, 4) is 0 Å². The summed E-state index contributed by atoms with van der Waals surface area (Å²) < 4.78 is 23.4. The van der Waals surface area contributed by atoms with Crippen LogP contribution in [0.3, 0.4) is 0 Å². The van der Waals surface area contributed by atoms with Crippen LogP contribution in [0.25, 0.3) is 0 Å². The zero-order chi connectivity index (χ0) is 19.4. The van der Waals surface area contributed by atoms with Gasteiger partial charge >= 0.3 is 0 Å². The molecular weight excluding hydrogens is 364 g/mol. The summed E-state index contributed by atoms with van der Waals surface area (Å²) in [4.78, 5) is 16.9. The first-order chi connectivity index (χ1) is 12.8. The number of hydrogen-bond donors (Lipinski definition) is 1. The minimum atomic E-state index is -3.33. The van der Waals surface area contributed by atoms with Gasteiger partial charge in [-0.1, -0.05) is 31.7 Å². The van der Waals surface area contributed by atoms with Gasteiger partial charge in [0, 0.05) is 44.5 Å². The van der Waals surface area contributed by atoms with Crippen molar-refractivity contribution in [3.05, 3.63) is 29.8 Å². The highest BCUT2D eigenvalue weighted by Gasteiger charge is 2.25. The lowest BCUT2D eigenvalue weighted by Gasteiger charge is -2.36. The Labute approximate surface area is 162 Å². The van der Waals surface area contributed by atoms with Crippen molar-refractivity contribution in [2.24, 2.45) is 5.92 Å². The Hall–Kier alpha value is -1.44. The number of sulfone groups is 1. The molecule has 3 rings (SSSR count). The highest BCUT2D eigenvalue weighted by Crippen LogP contribution is 2.28. The van der Waals surface area contributed by atoms with Crippen LogP contribution in [-0.4, -0.2) is 74.3 Å². The minimum absolute atomic E-state index is 0.133. The van der Waals surface area contributed by atoms with Gasteiger partial charge in [-0.05, 0) is 30.5 Å². The van der Waals surface area contributed by atoms with E-state index in [0.717, 1.165) is 25.8 Å². The molecule has 1 N–H and O–H groups in total. The number of piperazine rings is 1. The van der Waals surface area contributed by atoms with E-state index >= 15 is 0 Å². The number of carbonyl (C=O) groups excluding carboxylic acids is 1. The number of carbonyl (C=O) groups is 1. The SMILES string of the molecule is CS(=O)(=O)c1cccc(C(=O)N2CCN(CC(O)CC3CCCC3)CC2)c1. The third-order valence-electron chi connectivity index (χ3n) is 5.72. The largest absolute Gasteiger partial charge is 0.392 e. The molecule has 1 aliphatic carbocycles. The molecule has 1 atom stereocenters. The first-order valence-corrected chi connectivity index (χ1v) is 11.7. The van der Waals surface area contributed by atoms with Crippen LogP contribution in [0.15, 0.2) is 29.2 Å². The minimum Gasteiger partial charge on any atom is -0.392 e. The summed E-state index contributed by atoms with van der Waals surface area (Å²) in [5.74, 6) is 0.539. The molecule has 0 radical (unpaired) electrons. The molecule has 1 saturated heterocycles. The third-order valence-corrected chi connectivity index (χ3v) is 6.83. The van der Waals surface area contributed by atoms with Gasteiger partial charge in [0.1, 0.15) is 0 Å². The summed E-state index contributed by atoms with van der Waals surface area (Å²) in [6.45, 7) is 3.33. The smallest absolute Gasteiger partial charge is 0.253 e. The van der Waals surface area contributed by atoms with Gasteiger partial charge in [0.15, 0.2) is 9.84 Å². The normalized spacial score (nSPS) is 20.7. The molecule has 2 fully saturated rings. The van der Waals surface area contributed by atoms with E-state index in [-0.39, 0.29) is 16.9 Å². The Bertz CT molecular complexity index is 751. The Morgan fingerprint density at radius 1 is 1.19 bits per heavy atom. The summed E-state index contributed by atoms with van der Waals surface area (Å²) >= 11 is 0. The zero-order valence-corrected chi connectivity index (χ0v) is 16.8. The first-order valence-electron chi connectivity index (χ1n) is 9.83. The number of hydrogen-bond acceptors (Lipinski definition) is 5. The van der Waals surface area contributed by atoms with Gasteiger partial charge < -0.3 is 10.0 Å². The van der Waals surface area contributed by atoms with Crippen LogP contribution in [0.5, 0.6) is 0 Å². The van der Waals surface area contributed by atoms with Gasteiger partial charge in [0.2, 0.25) is 0 Å². The number of β-amino-alcohol motifs (C(OH)–C–C–N with tert-alkyl or cyclic N) is 1. The standard InChI is InChI=1S/C20H30N2O4S/c1-27(25,26)19-8-4-7-17(14-19)20(24)22-11-9-21(10-12-22)15-18(23)13-16-5-2-3-6-16/h4,7-8,14,16,18,23H,2-3,5-6,9-13,15H2,1H3. The second kappa shape index (κ2) is 8.71. The Balaban J connectivity index is 1.50. The van der Waals surface area contributed by atoms with Crippen molar-refractivity contribution in [3.63, 3.8) is 0 Å². The number of benzene rings is 1. The van der Waals surface area contributed by atoms with E-state index < -0.39 is 9.84 Å². The highest BCUT2D eigenvalue weighted by atomic mass is 32.2. The van der Waals surface area contributed by atoms with Gasteiger partial charge in [0.25, 0.3) is 5.91 Å². The monoisotopic (exact) mass is 394 g/mol. The molecule has 1 heterocycles. The molecule has 1 aromatic carbocycles. The fourth-order valence-electron chi connectivity index (χ4n) is 4.18. The summed E-state index contributed by atoms with van der Waals surface area (Å²) in [6, 6.07) is 6.24. The van der Waals surface area contributed by atoms with Crippen LogP contribution in [0, 0.1) is 5.92 Å². The molecule has 1 saturated carbocycles. The maximum absolute atomic E-state index is 12.7. The van der Waals surface area contributed by atoms with E-state index in [4.69, 9.17) is 0 Å². The van der Waals surface area contributed by atoms with Crippen LogP contribution in [0.4, 0.5) is 0 Å². The van der Waals surface area contributed by atoms with E-state index in [2.05, 4.69) is 4.90 Å². The second-order valence-electron chi connectivity index (χ2n) is 7.93. The third kappa shape index (κ3) is 5.53. The lowest BCUT2D eigenvalue weighted by molar-refractivity contribution is 0.0482. The molecule has 0 aromatic heterocycles. The number of amides is 1. The van der Waals surface area contributed by atoms with E-state index in [1.807, 2.05) is 0 Å². The van der Waals surface area contributed by atoms with Crippen molar-refractivity contribution in [1.29, 1.82) is 0 Å². The van der Waals surface area contributed by atoms with Crippen LogP contribution in [0.2, 0.25) is 0 Å². The van der Waals surface area contributed by atoms with Crippen molar-refractivity contribution in [2.75, 3.05) is 39.0 Å². The van der Waals surface area contributed by atoms with Gasteiger partial charge in [0.05, 0.1) is 11.0 Å². The molecule has 150 valence electrons. The summed E-state index contributed by atoms with van der Waals surface area (Å²) in [7, 11) is -3.33. The molecule has 0 spiro atoms. The van der Waals surface area contributed by atoms with Crippen molar-refractivity contribution in [1.82, 2.24) is 9.80 Å². The maximum atomic E-state index is 12.7. The zero-order valence-electron chi connectivity index (χ0n) is 16.0. The molecule has 6 nitrogen and oxygen atoms in total. The number of rotatable bonds is 6. The molecule has 1 amide bonds. The molecule has 1 unspecified atom stereocenters. The Morgan fingerprint density at radius 3 is 2.48 bits per heavy atom. The molecule has 7 heteroatoms. The summed E-state index contributed by atoms with van der Waals surface area (Å²) in [5, 5.41) is 10.3. The molecule has 2 aliphatic rings. The van der Waals surface area contributed by atoms with Crippen molar-refractivity contribution in [2.45, 2.75) is 43.1 Å². The lowest BCUT2D eigenvalue weighted by atomic mass is 9.99. The predicted molar refractivity (Wildman–Crippen MR) is 104 cm³/mol. The topological polar surface area (TPSA) is 77.9 Å². The van der Waals surface area contributed by atoms with E-state index in [9.17, 15) is 18.3 Å². The summed E-state index contributed by atoms with van der Waals surface area (Å²) in [6.07, 6.45) is 6.81. The van der Waals surface area contributed by atoms with Crippen LogP contribution >= 0.6 is 0 Å². The molecular formula is C20H30N2O4S. The average Bonchev–Trinajstić information content (AvgIpc) is 3.14. The van der Waals surface area contributed by atoms with Gasteiger partial charge in [-0.2, -0.15) is 0 Å². The van der Waals surface area contributed by atoms with Crippen molar-refractivity contribution >= 4 is 15.7 Å². The Kier molecular flexibility index (Phi) is 6.55. The second-order valence-corrected chi connectivity index (χ2v) is 9.95. The summed E-state index contributed by atoms with van der Waals surface area (Å²) in [5.41, 5.74) is 0.410. The van der Waals surface area contributed by atoms with E-state index in [0.29, 0.717) is 31.1 Å². The van der Waals surface area contributed by atoms with Crippen LogP contribution in [-0.2, 0) is 9.84 Å². The lowest BCUT2D eigenvalue weighted by Crippen LogP contribution is -2.50. The molecule has 0 bridgehead atoms. The van der Waals surface area contributed by atoms with Crippen LogP contribution < -0.4 is 0 Å². The van der Waals surface area contributed by atoms with E-state index in [1.165, 1.54) is 37.8 Å². The molecule has 1 aromatic rings. The highest BCUT2D eigenvalue weighted by molar-refractivity contribution is 7.90. The van der Waals surface area contributed by atoms with E-state index in [1.54, 1.807) is 17.0 Å². The van der Waals surface area contributed by atoms with Gasteiger partial charge in [-0.15, -0.1) is 0 Å². The quantitative estimate of drug-likeness (QED) is 0.796. The maximum Gasteiger partial charge on any atom is 0.253 e. The molecule has 1 aliphatic heterocycles. The number of aliphatic hydroxyl groups excluding tert-OH is 1. The molecule has 27 heavy (non-hydrogen) atoms. The predicted octanol–water partition coefficient (Wildman–Crippen LogP) is 1.79. The number of nitrogens with zero attached hydrogens (tertiary/aromatic N) is 2. The Morgan fingerprint density at radius 2 is 1.85 bits per heavy atom. The van der Waals surface area contributed by atoms with Crippen molar-refractivity contribution < 1.29 is 18.3 Å². The van der Waals surface area contributed by atoms with Gasteiger partial charge in [-0.3, -0.25) is 9.69 Å². The number of aliphatic hydroxyl groups is 1. The fourth-order valence-corrected chi connectivity index (χ4v) is 4.85.